The molecule has 6 nitrogen and oxygen atoms in total. The normalized spacial score (nSPS) is 16.1. The molecule has 0 bridgehead atoms. The number of hydrogen-bond acceptors (Lipinski definition) is 5. The van der Waals surface area contributed by atoms with E-state index in [1.807, 2.05) is 0 Å². The Kier molecular flexibility index (Phi) is 6.03. The highest BCUT2D eigenvalue weighted by Crippen LogP contribution is 2.32. The van der Waals surface area contributed by atoms with Gasteiger partial charge in [0.25, 0.3) is 5.91 Å². The summed E-state index contributed by atoms with van der Waals surface area (Å²) in [6, 6.07) is 3.58. The van der Waals surface area contributed by atoms with Gasteiger partial charge in [-0.15, -0.1) is 0 Å². The highest BCUT2D eigenvalue weighted by Gasteiger charge is 2.39. The second kappa shape index (κ2) is 7.82. The molecule has 0 aliphatic heterocycles. The Bertz CT molecular complexity index is 682. The van der Waals surface area contributed by atoms with Crippen LogP contribution < -0.4 is 0 Å². The van der Waals surface area contributed by atoms with Crippen LogP contribution in [0.4, 0.5) is 0 Å². The highest BCUT2D eigenvalue weighted by atomic mass is 35.5. The van der Waals surface area contributed by atoms with E-state index in [0.29, 0.717) is 12.8 Å². The molecule has 0 unspecified atom stereocenters. The number of pyridine rings is 1. The van der Waals surface area contributed by atoms with Gasteiger partial charge in [0.15, 0.2) is 6.61 Å². The maximum atomic E-state index is 12.3. The molecule has 1 aromatic rings. The Balaban J connectivity index is 1.97. The lowest BCUT2D eigenvalue weighted by molar-refractivity contribution is -0.138. The Labute approximate surface area is 150 Å². The Hall–Kier alpha value is -1.84. The summed E-state index contributed by atoms with van der Waals surface area (Å²) in [7, 11) is 1.57. The van der Waals surface area contributed by atoms with Gasteiger partial charge in [0, 0.05) is 13.2 Å². The molecule has 24 heavy (non-hydrogen) atoms. The largest absolute Gasteiger partial charge is 0.452 e. The lowest BCUT2D eigenvalue weighted by Crippen LogP contribution is -2.51. The van der Waals surface area contributed by atoms with Gasteiger partial charge in [-0.1, -0.05) is 42.5 Å². The van der Waals surface area contributed by atoms with Crippen molar-refractivity contribution in [2.45, 2.75) is 37.6 Å². The summed E-state index contributed by atoms with van der Waals surface area (Å²) in [5.74, 6) is -1.14. The second-order valence-electron chi connectivity index (χ2n) is 5.73. The van der Waals surface area contributed by atoms with Gasteiger partial charge >= 0.3 is 5.97 Å². The fourth-order valence-corrected chi connectivity index (χ4v) is 3.01. The fourth-order valence-electron chi connectivity index (χ4n) is 2.74. The van der Waals surface area contributed by atoms with Crippen LogP contribution in [0.1, 0.15) is 42.5 Å². The topological polar surface area (TPSA) is 83.3 Å². The summed E-state index contributed by atoms with van der Waals surface area (Å²) < 4.78 is 5.00. The molecule has 1 fully saturated rings. The second-order valence-corrected chi connectivity index (χ2v) is 6.49. The van der Waals surface area contributed by atoms with Gasteiger partial charge in [0.2, 0.25) is 0 Å². The van der Waals surface area contributed by atoms with E-state index in [1.165, 1.54) is 17.2 Å². The fraction of sp³-hybridized carbons (Fsp3) is 0.500. The van der Waals surface area contributed by atoms with Crippen LogP contribution in [0.3, 0.4) is 0 Å². The molecule has 0 spiro atoms. The maximum Gasteiger partial charge on any atom is 0.340 e. The molecule has 1 heterocycles. The van der Waals surface area contributed by atoms with E-state index in [4.69, 9.17) is 27.9 Å². The van der Waals surface area contributed by atoms with Gasteiger partial charge in [0.05, 0.1) is 16.7 Å². The number of ether oxygens (including phenoxy) is 1. The van der Waals surface area contributed by atoms with Crippen molar-refractivity contribution in [3.05, 3.63) is 28.0 Å². The Morgan fingerprint density at radius 2 is 2.04 bits per heavy atom. The molecule has 0 aromatic carbocycles. The quantitative estimate of drug-likeness (QED) is 0.600. The molecule has 1 saturated carbocycles. The number of hydrogen-bond donors (Lipinski definition) is 0. The number of nitriles is 1. The minimum atomic E-state index is -0.813. The van der Waals surface area contributed by atoms with Crippen LogP contribution in [0.25, 0.3) is 0 Å². The van der Waals surface area contributed by atoms with Gasteiger partial charge in [-0.2, -0.15) is 5.26 Å². The zero-order chi connectivity index (χ0) is 17.7. The summed E-state index contributed by atoms with van der Waals surface area (Å²) in [4.78, 5) is 29.4. The summed E-state index contributed by atoms with van der Waals surface area (Å²) >= 11 is 11.5. The van der Waals surface area contributed by atoms with Crippen molar-refractivity contribution in [3.8, 4) is 6.07 Å². The van der Waals surface area contributed by atoms with E-state index in [0.717, 1.165) is 19.3 Å². The smallest absolute Gasteiger partial charge is 0.340 e. The van der Waals surface area contributed by atoms with Crippen molar-refractivity contribution in [3.63, 3.8) is 0 Å². The van der Waals surface area contributed by atoms with Crippen LogP contribution in [-0.4, -0.2) is 41.0 Å². The van der Waals surface area contributed by atoms with Crippen molar-refractivity contribution < 1.29 is 14.3 Å². The predicted octanol–water partition coefficient (Wildman–Crippen LogP) is 3.23. The molecule has 8 heteroatoms. The maximum absolute atomic E-state index is 12.3. The monoisotopic (exact) mass is 369 g/mol. The van der Waals surface area contributed by atoms with Gasteiger partial charge < -0.3 is 9.64 Å². The average Bonchev–Trinajstić information content (AvgIpc) is 2.61. The number of aromatic nitrogens is 1. The third kappa shape index (κ3) is 3.97. The van der Waals surface area contributed by atoms with Crippen LogP contribution in [0, 0.1) is 11.3 Å². The minimum absolute atomic E-state index is 0.0808. The lowest BCUT2D eigenvalue weighted by atomic mass is 9.81. The van der Waals surface area contributed by atoms with E-state index in [-0.39, 0.29) is 15.7 Å². The molecular formula is C16H17Cl2N3O3. The van der Waals surface area contributed by atoms with Crippen molar-refractivity contribution in [2.75, 3.05) is 13.7 Å². The standard InChI is InChI=1S/C16H17Cl2N3O3/c1-21(16(10-19)5-3-2-4-6-16)13(22)9-24-15(23)11-7-12(17)14(18)20-8-11/h7-8H,2-6,9H2,1H3. The van der Waals surface area contributed by atoms with Crippen LogP contribution in [0.2, 0.25) is 10.2 Å². The molecule has 1 aliphatic rings. The van der Waals surface area contributed by atoms with E-state index < -0.39 is 24.0 Å². The molecule has 0 atom stereocenters. The number of carbonyl (C=O) groups excluding carboxylic acids is 2. The van der Waals surface area contributed by atoms with Crippen LogP contribution in [0.5, 0.6) is 0 Å². The highest BCUT2D eigenvalue weighted by molar-refractivity contribution is 6.41. The number of amides is 1. The number of rotatable bonds is 4. The molecule has 0 N–H and O–H groups in total. The molecule has 1 aliphatic carbocycles. The molecule has 1 aromatic heterocycles. The summed E-state index contributed by atoms with van der Waals surface area (Å²) in [5, 5.41) is 9.69. The zero-order valence-electron chi connectivity index (χ0n) is 13.2. The Morgan fingerprint density at radius 1 is 1.38 bits per heavy atom. The molecule has 0 radical (unpaired) electrons. The molecule has 1 amide bonds. The third-order valence-electron chi connectivity index (χ3n) is 4.26. The van der Waals surface area contributed by atoms with Crippen LogP contribution >= 0.6 is 23.2 Å². The molecule has 128 valence electrons. The third-order valence-corrected chi connectivity index (χ3v) is 4.95. The van der Waals surface area contributed by atoms with Gasteiger partial charge in [-0.3, -0.25) is 4.79 Å². The van der Waals surface area contributed by atoms with E-state index in [1.54, 1.807) is 7.05 Å². The van der Waals surface area contributed by atoms with Crippen molar-refractivity contribution in [1.82, 2.24) is 9.88 Å². The molecule has 0 saturated heterocycles. The minimum Gasteiger partial charge on any atom is -0.452 e. The molecular weight excluding hydrogens is 353 g/mol. The Morgan fingerprint density at radius 3 is 2.62 bits per heavy atom. The number of likely N-dealkylation sites (N-methyl/N-ethyl adjacent to an activating group) is 1. The predicted molar refractivity (Wildman–Crippen MR) is 88.7 cm³/mol. The van der Waals surface area contributed by atoms with Gasteiger partial charge in [-0.05, 0) is 18.9 Å². The van der Waals surface area contributed by atoms with E-state index in [9.17, 15) is 14.9 Å². The number of nitrogens with zero attached hydrogens (tertiary/aromatic N) is 3. The lowest BCUT2D eigenvalue weighted by Gasteiger charge is -2.38. The van der Waals surface area contributed by atoms with Crippen molar-refractivity contribution in [1.29, 1.82) is 5.26 Å². The molecule has 2 rings (SSSR count). The van der Waals surface area contributed by atoms with Crippen LogP contribution in [0.15, 0.2) is 12.3 Å². The summed E-state index contributed by atoms with van der Waals surface area (Å²) in [5.41, 5.74) is -0.708. The first-order valence-corrected chi connectivity index (χ1v) is 8.31. The number of halogens is 2. The number of carbonyl (C=O) groups is 2. The SMILES string of the molecule is CN(C(=O)COC(=O)c1cnc(Cl)c(Cl)c1)C1(C#N)CCCCC1. The summed E-state index contributed by atoms with van der Waals surface area (Å²) in [6.45, 7) is -0.445. The van der Waals surface area contributed by atoms with E-state index >= 15 is 0 Å². The number of esters is 1. The average molecular weight is 370 g/mol. The first kappa shape index (κ1) is 18.5. The summed E-state index contributed by atoms with van der Waals surface area (Å²) in [6.07, 6.45) is 5.36. The van der Waals surface area contributed by atoms with Gasteiger partial charge in [-0.25, -0.2) is 9.78 Å². The van der Waals surface area contributed by atoms with Crippen molar-refractivity contribution >= 4 is 35.1 Å². The zero-order valence-corrected chi connectivity index (χ0v) is 14.7. The van der Waals surface area contributed by atoms with Gasteiger partial charge in [0.1, 0.15) is 10.7 Å². The first-order chi connectivity index (χ1) is 11.4. The van der Waals surface area contributed by atoms with Crippen LogP contribution in [-0.2, 0) is 9.53 Å². The first-order valence-electron chi connectivity index (χ1n) is 7.56. The van der Waals surface area contributed by atoms with E-state index in [2.05, 4.69) is 11.1 Å². The van der Waals surface area contributed by atoms with Crippen molar-refractivity contribution in [2.24, 2.45) is 0 Å².